The summed E-state index contributed by atoms with van der Waals surface area (Å²) in [4.78, 5) is 11.1. The molecule has 0 bridgehead atoms. The van der Waals surface area contributed by atoms with Gasteiger partial charge in [-0.2, -0.15) is 0 Å². The minimum absolute atomic E-state index is 0.0582. The van der Waals surface area contributed by atoms with E-state index >= 15 is 0 Å². The summed E-state index contributed by atoms with van der Waals surface area (Å²) in [6.07, 6.45) is 0. The Bertz CT molecular complexity index is 540. The highest BCUT2D eigenvalue weighted by Gasteiger charge is 2.14. The molecular formula is C11H12Cl2N2O3S2. The van der Waals surface area contributed by atoms with Crippen LogP contribution < -0.4 is 11.5 Å². The third-order valence-corrected chi connectivity index (χ3v) is 5.39. The number of carboxylic acids is 1. The lowest BCUT2D eigenvalue weighted by molar-refractivity contribution is -0.137. The van der Waals surface area contributed by atoms with E-state index in [0.717, 1.165) is 23.5 Å². The van der Waals surface area contributed by atoms with E-state index in [2.05, 4.69) is 0 Å². The molecule has 0 aliphatic carbocycles. The van der Waals surface area contributed by atoms with Gasteiger partial charge < -0.3 is 21.7 Å². The van der Waals surface area contributed by atoms with Crippen molar-refractivity contribution < 1.29 is 15.0 Å². The van der Waals surface area contributed by atoms with E-state index in [1.54, 1.807) is 6.07 Å². The minimum Gasteiger partial charge on any atom is -0.508 e. The number of nitrogen functional groups attached to an aromatic ring is 1. The molecule has 0 saturated heterocycles. The van der Waals surface area contributed by atoms with Gasteiger partial charge >= 0.3 is 5.97 Å². The van der Waals surface area contributed by atoms with Crippen LogP contribution in [0.3, 0.4) is 0 Å². The highest BCUT2D eigenvalue weighted by molar-refractivity contribution is 8.08. The third-order valence-electron chi connectivity index (χ3n) is 2.06. The van der Waals surface area contributed by atoms with Crippen molar-refractivity contribution >= 4 is 58.4 Å². The van der Waals surface area contributed by atoms with E-state index in [4.69, 9.17) is 39.8 Å². The standard InChI is InChI=1S/C11H12Cl2N2O3S2/c12-9(19-4-7(15)11(17)18)10(13)20-8-3-5(16)1-2-6(8)14/h1-3,7,16H,4,14-15H2,(H,17,18)/b10-9+/t7-/m1/s1. The summed E-state index contributed by atoms with van der Waals surface area (Å²) in [7, 11) is 0. The zero-order valence-corrected chi connectivity index (χ0v) is 13.2. The average molecular weight is 355 g/mol. The molecule has 0 heterocycles. The second-order valence-corrected chi connectivity index (χ2v) is 6.91. The van der Waals surface area contributed by atoms with Crippen LogP contribution in [0.15, 0.2) is 31.8 Å². The predicted octanol–water partition coefficient (Wildman–Crippen LogP) is 2.82. The number of halogens is 2. The molecule has 0 spiro atoms. The van der Waals surface area contributed by atoms with Crippen LogP contribution >= 0.6 is 46.7 Å². The number of benzene rings is 1. The Balaban J connectivity index is 2.72. The van der Waals surface area contributed by atoms with Gasteiger partial charge in [-0.25, -0.2) is 0 Å². The van der Waals surface area contributed by atoms with E-state index in [0.29, 0.717) is 10.6 Å². The van der Waals surface area contributed by atoms with Gasteiger partial charge in [-0.05, 0) is 18.2 Å². The molecule has 0 aliphatic rings. The first-order valence-electron chi connectivity index (χ1n) is 5.24. The van der Waals surface area contributed by atoms with Gasteiger partial charge in [0.15, 0.2) is 0 Å². The number of aromatic hydroxyl groups is 1. The smallest absolute Gasteiger partial charge is 0.321 e. The van der Waals surface area contributed by atoms with Crippen molar-refractivity contribution in [3.05, 3.63) is 26.9 Å². The van der Waals surface area contributed by atoms with Gasteiger partial charge in [0.05, 0.1) is 4.36 Å². The number of aliphatic carboxylic acids is 1. The molecule has 1 atom stereocenters. The lowest BCUT2D eigenvalue weighted by atomic mass is 10.3. The number of nitrogens with two attached hydrogens (primary N) is 2. The fraction of sp³-hybridized carbons (Fsp3) is 0.182. The molecule has 0 aliphatic heterocycles. The molecule has 0 aromatic heterocycles. The monoisotopic (exact) mass is 354 g/mol. The molecule has 0 radical (unpaired) electrons. The van der Waals surface area contributed by atoms with Crippen LogP contribution in [-0.4, -0.2) is 28.0 Å². The quantitative estimate of drug-likeness (QED) is 0.353. The molecule has 0 unspecified atom stereocenters. The van der Waals surface area contributed by atoms with Crippen LogP contribution in [0.25, 0.3) is 0 Å². The Morgan fingerprint density at radius 2 is 2.00 bits per heavy atom. The average Bonchev–Trinajstić information content (AvgIpc) is 2.39. The summed E-state index contributed by atoms with van der Waals surface area (Å²) >= 11 is 14.1. The summed E-state index contributed by atoms with van der Waals surface area (Å²) in [5, 5.41) is 18.0. The lowest BCUT2D eigenvalue weighted by Gasteiger charge is -2.08. The Labute approximate surface area is 134 Å². The number of carboxylic acid groups (broad SMARTS) is 1. The number of anilines is 1. The van der Waals surface area contributed by atoms with Crippen LogP contribution in [0.1, 0.15) is 0 Å². The number of carbonyl (C=O) groups is 1. The van der Waals surface area contributed by atoms with E-state index in [1.807, 2.05) is 0 Å². The summed E-state index contributed by atoms with van der Waals surface area (Å²) in [5.74, 6) is -0.952. The summed E-state index contributed by atoms with van der Waals surface area (Å²) in [5.41, 5.74) is 11.5. The molecule has 0 fully saturated rings. The first-order chi connectivity index (χ1) is 9.31. The van der Waals surface area contributed by atoms with E-state index < -0.39 is 12.0 Å². The summed E-state index contributed by atoms with van der Waals surface area (Å²) in [6.45, 7) is 0. The van der Waals surface area contributed by atoms with Gasteiger partial charge in [0.25, 0.3) is 0 Å². The first kappa shape index (κ1) is 17.3. The van der Waals surface area contributed by atoms with Crippen LogP contribution in [-0.2, 0) is 4.79 Å². The van der Waals surface area contributed by atoms with Crippen LogP contribution in [0.5, 0.6) is 5.75 Å². The summed E-state index contributed by atoms with van der Waals surface area (Å²) in [6, 6.07) is 3.44. The molecule has 1 rings (SSSR count). The van der Waals surface area contributed by atoms with Crippen molar-refractivity contribution in [3.8, 4) is 5.75 Å². The summed E-state index contributed by atoms with van der Waals surface area (Å²) < 4.78 is 0.447. The van der Waals surface area contributed by atoms with E-state index in [-0.39, 0.29) is 20.2 Å². The van der Waals surface area contributed by atoms with Gasteiger partial charge in [-0.3, -0.25) is 4.79 Å². The molecule has 20 heavy (non-hydrogen) atoms. The van der Waals surface area contributed by atoms with Gasteiger partial charge in [0.1, 0.15) is 16.2 Å². The third kappa shape index (κ3) is 5.34. The topological polar surface area (TPSA) is 110 Å². The van der Waals surface area contributed by atoms with Crippen LogP contribution in [0, 0.1) is 0 Å². The number of rotatable bonds is 6. The highest BCUT2D eigenvalue weighted by atomic mass is 35.5. The largest absolute Gasteiger partial charge is 0.508 e. The molecule has 6 N–H and O–H groups in total. The van der Waals surface area contributed by atoms with Crippen molar-refractivity contribution in [2.24, 2.45) is 5.73 Å². The van der Waals surface area contributed by atoms with Crippen molar-refractivity contribution in [3.63, 3.8) is 0 Å². The molecule has 110 valence electrons. The Morgan fingerprint density at radius 3 is 2.60 bits per heavy atom. The molecule has 9 heteroatoms. The zero-order chi connectivity index (χ0) is 15.3. The zero-order valence-electron chi connectivity index (χ0n) is 10.0. The van der Waals surface area contributed by atoms with E-state index in [9.17, 15) is 9.90 Å². The second kappa shape index (κ2) is 7.90. The van der Waals surface area contributed by atoms with Gasteiger partial charge in [-0.1, -0.05) is 35.0 Å². The first-order valence-corrected chi connectivity index (χ1v) is 7.80. The molecule has 1 aromatic rings. The fourth-order valence-electron chi connectivity index (χ4n) is 1.04. The molecular weight excluding hydrogens is 343 g/mol. The van der Waals surface area contributed by atoms with Crippen molar-refractivity contribution in [2.75, 3.05) is 11.5 Å². The predicted molar refractivity (Wildman–Crippen MR) is 85.2 cm³/mol. The Kier molecular flexibility index (Phi) is 6.84. The van der Waals surface area contributed by atoms with E-state index in [1.165, 1.54) is 12.1 Å². The Morgan fingerprint density at radius 1 is 1.35 bits per heavy atom. The van der Waals surface area contributed by atoms with Crippen molar-refractivity contribution in [1.29, 1.82) is 0 Å². The maximum atomic E-state index is 10.6. The van der Waals surface area contributed by atoms with Crippen LogP contribution in [0.2, 0.25) is 0 Å². The van der Waals surface area contributed by atoms with Gasteiger partial charge in [0.2, 0.25) is 0 Å². The van der Waals surface area contributed by atoms with Crippen LogP contribution in [0.4, 0.5) is 5.69 Å². The molecule has 0 amide bonds. The number of thioether (sulfide) groups is 2. The molecule has 1 aromatic carbocycles. The molecule has 5 nitrogen and oxygen atoms in total. The fourth-order valence-corrected chi connectivity index (χ4v) is 3.28. The highest BCUT2D eigenvalue weighted by Crippen LogP contribution is 2.41. The number of hydrogen-bond donors (Lipinski definition) is 4. The number of hydrogen-bond acceptors (Lipinski definition) is 6. The second-order valence-electron chi connectivity index (χ2n) is 3.63. The molecule has 0 saturated carbocycles. The van der Waals surface area contributed by atoms with Gasteiger partial charge in [0, 0.05) is 16.3 Å². The maximum Gasteiger partial charge on any atom is 0.321 e. The number of phenols is 1. The van der Waals surface area contributed by atoms with Gasteiger partial charge in [-0.15, -0.1) is 11.8 Å². The minimum atomic E-state index is -1.11. The maximum absolute atomic E-state index is 10.6. The van der Waals surface area contributed by atoms with Crippen molar-refractivity contribution in [1.82, 2.24) is 0 Å². The van der Waals surface area contributed by atoms with Crippen molar-refractivity contribution in [2.45, 2.75) is 10.9 Å². The SMILES string of the molecule is Nc1ccc(O)cc1S/C(Cl)=C(\Cl)SC[C@@H](N)C(=O)O. The normalized spacial score (nSPS) is 13.8. The number of phenolic OH excluding ortho intramolecular Hbond substituents is 1. The lowest BCUT2D eigenvalue weighted by Crippen LogP contribution is -2.32. The Hall–Kier alpha value is -0.730.